The van der Waals surface area contributed by atoms with Gasteiger partial charge in [0.2, 0.25) is 0 Å². The van der Waals surface area contributed by atoms with Crippen molar-refractivity contribution in [3.63, 3.8) is 0 Å². The van der Waals surface area contributed by atoms with Crippen LogP contribution < -0.4 is 10.3 Å². The molecule has 228 valence electrons. The minimum absolute atomic E-state index is 0.0268. The molecule has 1 N–H and O–H groups in total. The molecular weight excluding hydrogens is 573 g/mol. The summed E-state index contributed by atoms with van der Waals surface area (Å²) in [5.41, 5.74) is 1.33. The van der Waals surface area contributed by atoms with Gasteiger partial charge >= 0.3 is 24.1 Å². The average molecular weight is 603 g/mol. The first-order chi connectivity index (χ1) is 20.2. The number of hydrogen-bond acceptors (Lipinski definition) is 8. The molecule has 0 fully saturated rings. The minimum atomic E-state index is -5.01. The number of pyridine rings is 2. The summed E-state index contributed by atoms with van der Waals surface area (Å²) >= 11 is 0. The number of likely N-dealkylation sites (N-methyl/N-ethyl adjacent to an activating group) is 2. The second kappa shape index (κ2) is 10.7. The zero-order valence-corrected chi connectivity index (χ0v) is 23.9. The van der Waals surface area contributed by atoms with Crippen LogP contribution in [0.5, 0.6) is 5.75 Å². The molecule has 5 rings (SSSR count). The number of halogens is 3. The van der Waals surface area contributed by atoms with Crippen molar-refractivity contribution in [1.29, 1.82) is 0 Å². The summed E-state index contributed by atoms with van der Waals surface area (Å²) in [6, 6.07) is 6.43. The number of carbonyl (C=O) groups is 3. The highest BCUT2D eigenvalue weighted by Gasteiger charge is 2.45. The molecule has 14 heteroatoms. The number of esters is 1. The van der Waals surface area contributed by atoms with Gasteiger partial charge in [-0.05, 0) is 42.7 Å². The van der Waals surface area contributed by atoms with Gasteiger partial charge in [-0.2, -0.15) is 13.2 Å². The van der Waals surface area contributed by atoms with Gasteiger partial charge in [-0.1, -0.05) is 13.8 Å². The zero-order chi connectivity index (χ0) is 31.4. The first-order valence-corrected chi connectivity index (χ1v) is 13.6. The number of carbonyl (C=O) groups excluding carboxylic acids is 3. The van der Waals surface area contributed by atoms with Crippen LogP contribution in [0.3, 0.4) is 0 Å². The van der Waals surface area contributed by atoms with E-state index in [9.17, 15) is 37.5 Å². The number of hydrogen-bond donors (Lipinski definition) is 1. The molecule has 0 spiro atoms. The normalized spacial score (nSPS) is 17.2. The Hall–Kier alpha value is -4.46. The summed E-state index contributed by atoms with van der Waals surface area (Å²) in [7, 11) is 2.34. The van der Waals surface area contributed by atoms with Crippen LogP contribution >= 0.6 is 0 Å². The molecule has 0 radical (unpaired) electrons. The van der Waals surface area contributed by atoms with Crippen molar-refractivity contribution >= 4 is 28.9 Å². The molecule has 0 unspecified atom stereocenters. The van der Waals surface area contributed by atoms with Crippen LogP contribution in [0.4, 0.5) is 18.0 Å². The molecule has 0 saturated heterocycles. The predicted octanol–water partition coefficient (Wildman–Crippen LogP) is 3.09. The van der Waals surface area contributed by atoms with Gasteiger partial charge in [0.15, 0.2) is 5.60 Å². The first-order valence-electron chi connectivity index (χ1n) is 13.6. The molecule has 11 nitrogen and oxygen atoms in total. The van der Waals surface area contributed by atoms with Crippen molar-refractivity contribution in [3.05, 3.63) is 56.9 Å². The van der Waals surface area contributed by atoms with Crippen molar-refractivity contribution in [3.8, 4) is 17.1 Å². The summed E-state index contributed by atoms with van der Waals surface area (Å²) in [4.78, 5) is 56.2. The van der Waals surface area contributed by atoms with Gasteiger partial charge in [0, 0.05) is 43.7 Å². The maximum atomic E-state index is 13.5. The molecule has 43 heavy (non-hydrogen) atoms. The number of benzene rings is 1. The van der Waals surface area contributed by atoms with Gasteiger partial charge in [-0.15, -0.1) is 0 Å². The van der Waals surface area contributed by atoms with E-state index in [-0.39, 0.29) is 55.1 Å². The topological polar surface area (TPSA) is 131 Å². The fourth-order valence-corrected chi connectivity index (χ4v) is 5.50. The Kier molecular flexibility index (Phi) is 7.45. The number of aromatic nitrogens is 2. The Bertz CT molecular complexity index is 1740. The van der Waals surface area contributed by atoms with Crippen LogP contribution in [0.15, 0.2) is 29.1 Å². The van der Waals surface area contributed by atoms with Crippen molar-refractivity contribution in [1.82, 2.24) is 19.4 Å². The summed E-state index contributed by atoms with van der Waals surface area (Å²) in [5, 5.41) is 11.8. The molecule has 0 bridgehead atoms. The zero-order valence-electron chi connectivity index (χ0n) is 23.9. The van der Waals surface area contributed by atoms with Gasteiger partial charge in [0.05, 0.1) is 29.0 Å². The largest absolute Gasteiger partial charge is 0.471 e. The summed E-state index contributed by atoms with van der Waals surface area (Å²) in [6.45, 7) is 2.99. The van der Waals surface area contributed by atoms with E-state index in [1.165, 1.54) is 13.1 Å². The van der Waals surface area contributed by atoms with E-state index < -0.39 is 29.7 Å². The maximum Gasteiger partial charge on any atom is 0.471 e. The predicted molar refractivity (Wildman–Crippen MR) is 146 cm³/mol. The number of amides is 2. The van der Waals surface area contributed by atoms with Gasteiger partial charge in [0.25, 0.3) is 5.56 Å². The lowest BCUT2D eigenvalue weighted by molar-refractivity contribution is -0.184. The van der Waals surface area contributed by atoms with Gasteiger partial charge < -0.3 is 28.9 Å². The van der Waals surface area contributed by atoms with E-state index in [2.05, 4.69) is 0 Å². The summed E-state index contributed by atoms with van der Waals surface area (Å²) in [5.74, 6) is -2.64. The molecular formula is C29H29F3N4O7. The third kappa shape index (κ3) is 4.98. The number of aliphatic hydroxyl groups is 1. The lowest BCUT2D eigenvalue weighted by Gasteiger charge is -2.31. The van der Waals surface area contributed by atoms with Gasteiger partial charge in [0.1, 0.15) is 12.4 Å². The summed E-state index contributed by atoms with van der Waals surface area (Å²) < 4.78 is 50.0. The number of fused-ring (bicyclic) bond motifs is 5. The van der Waals surface area contributed by atoms with Crippen molar-refractivity contribution in [2.24, 2.45) is 0 Å². The molecule has 0 aliphatic carbocycles. The quantitative estimate of drug-likeness (QED) is 0.333. The van der Waals surface area contributed by atoms with Crippen molar-refractivity contribution < 1.29 is 42.1 Å². The Labute approximate surface area is 243 Å². The first kappa shape index (κ1) is 30.0. The number of rotatable bonds is 6. The molecule has 2 aliphatic heterocycles. The van der Waals surface area contributed by atoms with Crippen LogP contribution in [0.2, 0.25) is 0 Å². The third-order valence-corrected chi connectivity index (χ3v) is 8.01. The Morgan fingerprint density at radius 2 is 1.81 bits per heavy atom. The minimum Gasteiger partial charge on any atom is -0.458 e. The lowest BCUT2D eigenvalue weighted by atomic mass is 9.86. The third-order valence-electron chi connectivity index (χ3n) is 8.01. The average Bonchev–Trinajstić information content (AvgIpc) is 3.34. The Morgan fingerprint density at radius 3 is 2.47 bits per heavy atom. The van der Waals surface area contributed by atoms with Crippen LogP contribution in [0.1, 0.15) is 42.5 Å². The highest BCUT2D eigenvalue weighted by atomic mass is 19.4. The van der Waals surface area contributed by atoms with E-state index in [4.69, 9.17) is 14.5 Å². The van der Waals surface area contributed by atoms with Crippen LogP contribution in [-0.2, 0) is 39.5 Å². The van der Waals surface area contributed by atoms with Crippen LogP contribution in [-0.4, -0.2) is 75.8 Å². The van der Waals surface area contributed by atoms with Crippen LogP contribution in [0.25, 0.3) is 22.3 Å². The molecule has 0 saturated carbocycles. The van der Waals surface area contributed by atoms with E-state index >= 15 is 0 Å². The molecule has 3 aromatic rings. The number of aryl methyl sites for hydroxylation is 1. The highest BCUT2D eigenvalue weighted by Crippen LogP contribution is 2.40. The standard InChI is InChI=1S/C29H29F3N4O7/c1-5-16-17-11-15(43-27(40)35(4)10-9-34(3)25(38)29(30,31)32)7-8-21(17)33-23-18(16)13-36-22(23)12-20-19(24(36)37)14-42-26(39)28(20,41)6-2/h7-8,11-12,41H,5-6,9-10,13-14H2,1-4H3/t28-/m0/s1. The number of ether oxygens (including phenoxy) is 2. The fraction of sp³-hybridized carbons (Fsp3) is 0.414. The van der Waals surface area contributed by atoms with Crippen molar-refractivity contribution in [2.75, 3.05) is 27.2 Å². The van der Waals surface area contributed by atoms with Gasteiger partial charge in [-0.3, -0.25) is 9.59 Å². The van der Waals surface area contributed by atoms with E-state index in [0.717, 1.165) is 23.1 Å². The number of alkyl halides is 3. The molecule has 2 aliphatic rings. The smallest absolute Gasteiger partial charge is 0.458 e. The molecule has 4 heterocycles. The fourth-order valence-electron chi connectivity index (χ4n) is 5.50. The Balaban J connectivity index is 1.44. The molecule has 2 aromatic heterocycles. The lowest BCUT2D eigenvalue weighted by Crippen LogP contribution is -2.44. The van der Waals surface area contributed by atoms with Gasteiger partial charge in [-0.25, -0.2) is 14.6 Å². The second-order valence-electron chi connectivity index (χ2n) is 10.6. The van der Waals surface area contributed by atoms with E-state index in [0.29, 0.717) is 33.6 Å². The van der Waals surface area contributed by atoms with E-state index in [1.54, 1.807) is 29.7 Å². The number of cyclic esters (lactones) is 1. The SMILES string of the molecule is CCc1c2c(nc3ccc(OC(=O)N(C)CCN(C)C(=O)C(F)(F)F)cc13)-c1cc3c(c(=O)n1C2)COC(=O)[C@]3(O)CC. The molecule has 2 amide bonds. The second-order valence-corrected chi connectivity index (χ2v) is 10.6. The van der Waals surface area contributed by atoms with Crippen LogP contribution in [0, 0.1) is 0 Å². The summed E-state index contributed by atoms with van der Waals surface area (Å²) in [6.07, 6.45) is -5.27. The Morgan fingerprint density at radius 1 is 1.12 bits per heavy atom. The highest BCUT2D eigenvalue weighted by molar-refractivity contribution is 5.90. The molecule has 1 aromatic carbocycles. The van der Waals surface area contributed by atoms with Crippen molar-refractivity contribution in [2.45, 2.75) is 51.6 Å². The molecule has 1 atom stereocenters. The number of nitrogens with zero attached hydrogens (tertiary/aromatic N) is 4. The monoisotopic (exact) mass is 602 g/mol. The van der Waals surface area contributed by atoms with E-state index in [1.807, 2.05) is 6.92 Å². The maximum absolute atomic E-state index is 13.5.